The predicted octanol–water partition coefficient (Wildman–Crippen LogP) is 2.46. The molecule has 0 aliphatic carbocycles. The van der Waals surface area contributed by atoms with E-state index in [0.29, 0.717) is 13.1 Å². The van der Waals surface area contributed by atoms with E-state index in [2.05, 4.69) is 10.1 Å². The van der Waals surface area contributed by atoms with Gasteiger partial charge in [-0.25, -0.2) is 0 Å². The topological polar surface area (TPSA) is 94.2 Å². The van der Waals surface area contributed by atoms with Crippen molar-refractivity contribution in [1.29, 1.82) is 0 Å². The number of amides is 1. The second-order valence-electron chi connectivity index (χ2n) is 6.04. The average molecular weight is 365 g/mol. The highest BCUT2D eigenvalue weighted by atomic mass is 16.6. The van der Waals surface area contributed by atoms with Crippen molar-refractivity contribution in [2.45, 2.75) is 19.5 Å². The summed E-state index contributed by atoms with van der Waals surface area (Å²) in [5.74, 6) is -0.684. The molecule has 0 saturated heterocycles. The molecule has 0 saturated carbocycles. The van der Waals surface area contributed by atoms with Crippen LogP contribution < -0.4 is 0 Å². The van der Waals surface area contributed by atoms with E-state index in [4.69, 9.17) is 0 Å². The van der Waals surface area contributed by atoms with E-state index < -0.39 is 10.9 Å². The Bertz CT molecular complexity index is 896. The minimum atomic E-state index is -0.682. The van der Waals surface area contributed by atoms with Crippen molar-refractivity contribution >= 4 is 11.9 Å². The van der Waals surface area contributed by atoms with Gasteiger partial charge in [-0.05, 0) is 22.5 Å². The van der Waals surface area contributed by atoms with Gasteiger partial charge in [-0.1, -0.05) is 65.6 Å². The lowest BCUT2D eigenvalue weighted by Gasteiger charge is -2.22. The first-order chi connectivity index (χ1) is 13.1. The standard InChI is InChI=1S/C19H19N5O3/c25-18(14-23-15-20-19(21-23)24(26)27)22(13-17-9-5-2-6-10-17)12-11-16-7-3-1-4-8-16/h1-10,15H,11-14H2. The van der Waals surface area contributed by atoms with E-state index in [0.717, 1.165) is 17.5 Å². The van der Waals surface area contributed by atoms with Crippen LogP contribution in [0.5, 0.6) is 0 Å². The highest BCUT2D eigenvalue weighted by Gasteiger charge is 2.19. The fourth-order valence-corrected chi connectivity index (χ4v) is 2.69. The Kier molecular flexibility index (Phi) is 5.88. The van der Waals surface area contributed by atoms with Gasteiger partial charge in [0.1, 0.15) is 6.54 Å². The Labute approximate surface area is 156 Å². The van der Waals surface area contributed by atoms with Crippen molar-refractivity contribution in [3.8, 4) is 0 Å². The largest absolute Gasteiger partial charge is 0.490 e. The maximum absolute atomic E-state index is 12.8. The summed E-state index contributed by atoms with van der Waals surface area (Å²) in [6, 6.07) is 19.6. The summed E-state index contributed by atoms with van der Waals surface area (Å²) in [7, 11) is 0. The number of carbonyl (C=O) groups excluding carboxylic acids is 1. The molecule has 3 rings (SSSR count). The first-order valence-electron chi connectivity index (χ1n) is 8.51. The van der Waals surface area contributed by atoms with Gasteiger partial charge in [0, 0.05) is 18.2 Å². The number of nitro groups is 1. The first kappa shape index (κ1) is 18.2. The molecule has 1 aromatic heterocycles. The van der Waals surface area contributed by atoms with Crippen LogP contribution in [-0.2, 0) is 24.3 Å². The molecule has 0 radical (unpaired) electrons. The molecule has 3 aromatic rings. The summed E-state index contributed by atoms with van der Waals surface area (Å²) in [5.41, 5.74) is 2.16. The highest BCUT2D eigenvalue weighted by molar-refractivity contribution is 5.76. The Morgan fingerprint density at radius 2 is 1.67 bits per heavy atom. The van der Waals surface area contributed by atoms with Crippen LogP contribution in [0.25, 0.3) is 0 Å². The van der Waals surface area contributed by atoms with Crippen LogP contribution >= 0.6 is 0 Å². The number of hydrogen-bond acceptors (Lipinski definition) is 5. The van der Waals surface area contributed by atoms with Gasteiger partial charge in [0.25, 0.3) is 0 Å². The Hall–Kier alpha value is -3.55. The van der Waals surface area contributed by atoms with Crippen LogP contribution in [0.1, 0.15) is 11.1 Å². The summed E-state index contributed by atoms with van der Waals surface area (Å²) in [4.78, 5) is 28.1. The van der Waals surface area contributed by atoms with Crippen molar-refractivity contribution < 1.29 is 9.72 Å². The lowest BCUT2D eigenvalue weighted by atomic mass is 10.1. The van der Waals surface area contributed by atoms with Gasteiger partial charge in [-0.15, -0.1) is 0 Å². The number of hydrogen-bond donors (Lipinski definition) is 0. The molecular weight excluding hydrogens is 346 g/mol. The molecule has 8 nitrogen and oxygen atoms in total. The van der Waals surface area contributed by atoms with Crippen molar-refractivity contribution in [2.24, 2.45) is 0 Å². The van der Waals surface area contributed by atoms with Crippen molar-refractivity contribution in [3.05, 3.63) is 88.2 Å². The number of aromatic nitrogens is 3. The van der Waals surface area contributed by atoms with Crippen LogP contribution in [0.15, 0.2) is 67.0 Å². The van der Waals surface area contributed by atoms with E-state index in [9.17, 15) is 14.9 Å². The van der Waals surface area contributed by atoms with E-state index in [-0.39, 0.29) is 12.5 Å². The lowest BCUT2D eigenvalue weighted by Crippen LogP contribution is -2.35. The van der Waals surface area contributed by atoms with Gasteiger partial charge in [0.2, 0.25) is 12.2 Å². The molecule has 138 valence electrons. The average Bonchev–Trinajstić information content (AvgIpc) is 3.15. The van der Waals surface area contributed by atoms with Gasteiger partial charge in [0.15, 0.2) is 0 Å². The Balaban J connectivity index is 1.70. The third kappa shape index (κ3) is 5.21. The number of benzene rings is 2. The zero-order valence-electron chi connectivity index (χ0n) is 14.6. The molecule has 0 unspecified atom stereocenters. The Morgan fingerprint density at radius 1 is 1.04 bits per heavy atom. The maximum atomic E-state index is 12.8. The van der Waals surface area contributed by atoms with E-state index in [1.807, 2.05) is 60.7 Å². The van der Waals surface area contributed by atoms with Crippen LogP contribution in [0.4, 0.5) is 5.95 Å². The molecule has 8 heteroatoms. The molecular formula is C19H19N5O3. The van der Waals surface area contributed by atoms with Gasteiger partial charge in [-0.2, -0.15) is 4.68 Å². The van der Waals surface area contributed by atoms with E-state index in [1.165, 1.54) is 11.0 Å². The summed E-state index contributed by atoms with van der Waals surface area (Å²) >= 11 is 0. The molecule has 0 spiro atoms. The third-order valence-electron chi connectivity index (χ3n) is 4.07. The molecule has 2 aromatic carbocycles. The van der Waals surface area contributed by atoms with Crippen LogP contribution in [0.2, 0.25) is 0 Å². The minimum Gasteiger partial charge on any atom is -0.390 e. The monoisotopic (exact) mass is 365 g/mol. The quantitative estimate of drug-likeness (QED) is 0.451. The fourth-order valence-electron chi connectivity index (χ4n) is 2.69. The molecule has 0 aliphatic rings. The smallest absolute Gasteiger partial charge is 0.390 e. The molecule has 0 bridgehead atoms. The second kappa shape index (κ2) is 8.70. The minimum absolute atomic E-state index is 0.0948. The van der Waals surface area contributed by atoms with Gasteiger partial charge >= 0.3 is 5.95 Å². The van der Waals surface area contributed by atoms with Crippen LogP contribution in [0, 0.1) is 10.1 Å². The van der Waals surface area contributed by atoms with Crippen molar-refractivity contribution in [3.63, 3.8) is 0 Å². The van der Waals surface area contributed by atoms with Crippen molar-refractivity contribution in [2.75, 3.05) is 6.54 Å². The molecule has 1 heterocycles. The van der Waals surface area contributed by atoms with Gasteiger partial charge in [0.05, 0.1) is 0 Å². The molecule has 1 amide bonds. The van der Waals surface area contributed by atoms with Crippen LogP contribution in [-0.4, -0.2) is 37.0 Å². The zero-order valence-corrected chi connectivity index (χ0v) is 14.6. The number of rotatable bonds is 8. The predicted molar refractivity (Wildman–Crippen MR) is 98.7 cm³/mol. The molecule has 0 atom stereocenters. The number of nitrogens with zero attached hydrogens (tertiary/aromatic N) is 5. The highest BCUT2D eigenvalue weighted by Crippen LogP contribution is 2.09. The van der Waals surface area contributed by atoms with E-state index >= 15 is 0 Å². The zero-order chi connectivity index (χ0) is 19.1. The van der Waals surface area contributed by atoms with Gasteiger partial charge in [-0.3, -0.25) is 4.79 Å². The van der Waals surface area contributed by atoms with Crippen molar-refractivity contribution in [1.82, 2.24) is 19.7 Å². The normalized spacial score (nSPS) is 10.5. The first-order valence-corrected chi connectivity index (χ1v) is 8.51. The van der Waals surface area contributed by atoms with E-state index in [1.54, 1.807) is 4.90 Å². The fraction of sp³-hybridized carbons (Fsp3) is 0.211. The number of carbonyl (C=O) groups is 1. The summed E-state index contributed by atoms with van der Waals surface area (Å²) in [6.45, 7) is 0.903. The SMILES string of the molecule is O=C(Cn1cnc([N+](=O)[O-])n1)N(CCc1ccccc1)Cc1ccccc1. The van der Waals surface area contributed by atoms with Gasteiger partial charge < -0.3 is 15.0 Å². The van der Waals surface area contributed by atoms with Crippen LogP contribution in [0.3, 0.4) is 0 Å². The molecule has 0 aliphatic heterocycles. The summed E-state index contributed by atoms with van der Waals surface area (Å²) in [6.07, 6.45) is 1.92. The molecule has 0 fully saturated rings. The summed E-state index contributed by atoms with van der Waals surface area (Å²) < 4.78 is 1.20. The summed E-state index contributed by atoms with van der Waals surface area (Å²) in [5, 5.41) is 14.4. The molecule has 0 N–H and O–H groups in total. The third-order valence-corrected chi connectivity index (χ3v) is 4.07. The molecule has 27 heavy (non-hydrogen) atoms. The maximum Gasteiger partial charge on any atom is 0.490 e. The second-order valence-corrected chi connectivity index (χ2v) is 6.04. The Morgan fingerprint density at radius 3 is 2.26 bits per heavy atom. The lowest BCUT2D eigenvalue weighted by molar-refractivity contribution is -0.394.